The van der Waals surface area contributed by atoms with Gasteiger partial charge in [-0.05, 0) is 20.0 Å². The molecule has 1 unspecified atom stereocenters. The van der Waals surface area contributed by atoms with Gasteiger partial charge in [0.05, 0.1) is 0 Å². The topological polar surface area (TPSA) is 41.0 Å². The normalized spacial score (nSPS) is 20.4. The Hall–Kier alpha value is -1.39. The van der Waals surface area contributed by atoms with Crippen LogP contribution in [0.4, 0.5) is 5.82 Å². The highest BCUT2D eigenvalue weighted by atomic mass is 35.5. The number of hydrogen-bond acceptors (Lipinski definition) is 4. The molecule has 1 saturated heterocycles. The number of halogens is 1. The van der Waals surface area contributed by atoms with E-state index >= 15 is 0 Å². The van der Waals surface area contributed by atoms with Crippen LogP contribution < -0.4 is 5.32 Å². The van der Waals surface area contributed by atoms with Crippen molar-refractivity contribution in [2.24, 2.45) is 0 Å². The van der Waals surface area contributed by atoms with Crippen LogP contribution in [0.25, 0.3) is 10.8 Å². The number of nitrogens with zero attached hydrogens (tertiary/aromatic N) is 3. The lowest BCUT2D eigenvalue weighted by Gasteiger charge is -2.14. The maximum atomic E-state index is 6.06. The van der Waals surface area contributed by atoms with E-state index in [1.54, 1.807) is 0 Å². The largest absolute Gasteiger partial charge is 0.364 e. The Morgan fingerprint density at radius 2 is 2.06 bits per heavy atom. The number of benzene rings is 1. The van der Waals surface area contributed by atoms with Crippen LogP contribution in [0, 0.1) is 0 Å². The fraction of sp³-hybridized carbons (Fsp3) is 0.385. The predicted molar refractivity (Wildman–Crippen MR) is 74.1 cm³/mol. The third-order valence-electron chi connectivity index (χ3n) is 3.37. The van der Waals surface area contributed by atoms with Crippen molar-refractivity contribution in [3.63, 3.8) is 0 Å². The molecule has 4 nitrogen and oxygen atoms in total. The number of likely N-dealkylation sites (N-methyl/N-ethyl adjacent to an activating group) is 1. The molecule has 18 heavy (non-hydrogen) atoms. The Bertz CT molecular complexity index is 572. The first-order valence-corrected chi connectivity index (χ1v) is 6.48. The highest BCUT2D eigenvalue weighted by molar-refractivity contribution is 6.34. The number of hydrogen-bond donors (Lipinski definition) is 1. The van der Waals surface area contributed by atoms with Crippen molar-refractivity contribution in [1.82, 2.24) is 15.1 Å². The van der Waals surface area contributed by atoms with Gasteiger partial charge in [-0.1, -0.05) is 35.9 Å². The van der Waals surface area contributed by atoms with Crippen molar-refractivity contribution < 1.29 is 0 Å². The fourth-order valence-electron chi connectivity index (χ4n) is 2.42. The van der Waals surface area contributed by atoms with Crippen LogP contribution >= 0.6 is 11.6 Å². The summed E-state index contributed by atoms with van der Waals surface area (Å²) < 4.78 is 0. The summed E-state index contributed by atoms with van der Waals surface area (Å²) in [6.07, 6.45) is 1.13. The van der Waals surface area contributed by atoms with E-state index in [0.29, 0.717) is 11.2 Å². The number of likely N-dealkylation sites (tertiary alicyclic amines) is 1. The number of anilines is 1. The molecular formula is C13H15ClN4. The molecule has 1 aliphatic heterocycles. The maximum absolute atomic E-state index is 6.06. The molecule has 1 atom stereocenters. The van der Waals surface area contributed by atoms with Crippen molar-refractivity contribution in [2.45, 2.75) is 12.5 Å². The zero-order valence-corrected chi connectivity index (χ0v) is 11.0. The van der Waals surface area contributed by atoms with Crippen molar-refractivity contribution in [3.8, 4) is 0 Å². The summed E-state index contributed by atoms with van der Waals surface area (Å²) in [6.45, 7) is 2.16. The summed E-state index contributed by atoms with van der Waals surface area (Å²) in [7, 11) is 2.13. The Labute approximate surface area is 111 Å². The van der Waals surface area contributed by atoms with E-state index in [9.17, 15) is 0 Å². The van der Waals surface area contributed by atoms with Gasteiger partial charge in [-0.3, -0.25) is 0 Å². The molecule has 94 valence electrons. The average Bonchev–Trinajstić information content (AvgIpc) is 2.79. The lowest BCUT2D eigenvalue weighted by atomic mass is 10.2. The second-order valence-electron chi connectivity index (χ2n) is 4.78. The highest BCUT2D eigenvalue weighted by Crippen LogP contribution is 2.26. The molecule has 0 aliphatic carbocycles. The van der Waals surface area contributed by atoms with Gasteiger partial charge in [0.15, 0.2) is 11.0 Å². The van der Waals surface area contributed by atoms with E-state index in [1.165, 1.54) is 0 Å². The number of nitrogens with one attached hydrogen (secondary N) is 1. The zero-order valence-electron chi connectivity index (χ0n) is 10.2. The first-order valence-electron chi connectivity index (χ1n) is 6.10. The first kappa shape index (κ1) is 11.7. The Morgan fingerprint density at radius 1 is 1.28 bits per heavy atom. The quantitative estimate of drug-likeness (QED) is 0.902. The van der Waals surface area contributed by atoms with Gasteiger partial charge in [-0.2, -0.15) is 0 Å². The second-order valence-corrected chi connectivity index (χ2v) is 5.14. The minimum Gasteiger partial charge on any atom is -0.364 e. The highest BCUT2D eigenvalue weighted by Gasteiger charge is 2.20. The predicted octanol–water partition coefficient (Wildman–Crippen LogP) is 2.40. The van der Waals surface area contributed by atoms with E-state index in [4.69, 9.17) is 11.6 Å². The van der Waals surface area contributed by atoms with Gasteiger partial charge in [-0.25, -0.2) is 0 Å². The van der Waals surface area contributed by atoms with Gasteiger partial charge < -0.3 is 10.2 Å². The van der Waals surface area contributed by atoms with Gasteiger partial charge >= 0.3 is 0 Å². The molecule has 2 aromatic rings. The van der Waals surface area contributed by atoms with Crippen LogP contribution in [0.15, 0.2) is 24.3 Å². The molecule has 0 spiro atoms. The maximum Gasteiger partial charge on any atom is 0.159 e. The van der Waals surface area contributed by atoms with Gasteiger partial charge in [0.2, 0.25) is 0 Å². The van der Waals surface area contributed by atoms with Crippen molar-refractivity contribution in [1.29, 1.82) is 0 Å². The molecule has 2 heterocycles. The SMILES string of the molecule is CN1CCC(Nc2nnc(Cl)c3ccccc23)C1. The van der Waals surface area contributed by atoms with Crippen LogP contribution in [0.5, 0.6) is 0 Å². The van der Waals surface area contributed by atoms with Crippen LogP contribution in [0.1, 0.15) is 6.42 Å². The molecule has 0 radical (unpaired) electrons. The first-order chi connectivity index (χ1) is 8.74. The monoisotopic (exact) mass is 262 g/mol. The summed E-state index contributed by atoms with van der Waals surface area (Å²) in [5.41, 5.74) is 0. The van der Waals surface area contributed by atoms with Gasteiger partial charge in [-0.15, -0.1) is 10.2 Å². The minimum absolute atomic E-state index is 0.439. The van der Waals surface area contributed by atoms with Crippen LogP contribution in [-0.4, -0.2) is 41.3 Å². The number of rotatable bonds is 2. The summed E-state index contributed by atoms with van der Waals surface area (Å²) in [4.78, 5) is 2.31. The zero-order chi connectivity index (χ0) is 12.5. The van der Waals surface area contributed by atoms with Crippen molar-refractivity contribution >= 4 is 28.2 Å². The molecule has 0 amide bonds. The summed E-state index contributed by atoms with van der Waals surface area (Å²) in [6, 6.07) is 8.39. The van der Waals surface area contributed by atoms with E-state index < -0.39 is 0 Å². The summed E-state index contributed by atoms with van der Waals surface area (Å²) in [5.74, 6) is 0.829. The van der Waals surface area contributed by atoms with Crippen molar-refractivity contribution in [2.75, 3.05) is 25.5 Å². The summed E-state index contributed by atoms with van der Waals surface area (Å²) in [5, 5.41) is 14.1. The minimum atomic E-state index is 0.439. The standard InChI is InChI=1S/C13H15ClN4/c1-18-7-6-9(8-18)15-13-11-5-3-2-4-10(11)12(14)16-17-13/h2-5,9H,6-8H2,1H3,(H,15,17). The summed E-state index contributed by atoms with van der Waals surface area (Å²) >= 11 is 6.06. The number of fused-ring (bicyclic) bond motifs is 1. The fourth-order valence-corrected chi connectivity index (χ4v) is 2.63. The van der Waals surface area contributed by atoms with Crippen molar-refractivity contribution in [3.05, 3.63) is 29.4 Å². The van der Waals surface area contributed by atoms with E-state index in [2.05, 4.69) is 27.5 Å². The molecule has 1 fully saturated rings. The lowest BCUT2D eigenvalue weighted by molar-refractivity contribution is 0.414. The Morgan fingerprint density at radius 3 is 2.78 bits per heavy atom. The molecule has 0 bridgehead atoms. The van der Waals surface area contributed by atoms with E-state index in [0.717, 1.165) is 36.1 Å². The molecule has 1 aliphatic rings. The molecule has 1 N–H and O–H groups in total. The van der Waals surface area contributed by atoms with E-state index in [-0.39, 0.29) is 0 Å². The molecule has 1 aromatic heterocycles. The smallest absolute Gasteiger partial charge is 0.159 e. The van der Waals surface area contributed by atoms with E-state index in [1.807, 2.05) is 24.3 Å². The van der Waals surface area contributed by atoms with Crippen LogP contribution in [-0.2, 0) is 0 Å². The van der Waals surface area contributed by atoms with Crippen LogP contribution in [0.2, 0.25) is 5.15 Å². The molecule has 0 saturated carbocycles. The molecule has 1 aromatic carbocycles. The third-order valence-corrected chi connectivity index (χ3v) is 3.65. The lowest BCUT2D eigenvalue weighted by Crippen LogP contribution is -2.24. The third kappa shape index (κ3) is 2.13. The average molecular weight is 263 g/mol. The number of aromatic nitrogens is 2. The molecule has 3 rings (SSSR count). The molecule has 5 heteroatoms. The second kappa shape index (κ2) is 4.71. The van der Waals surface area contributed by atoms with Crippen LogP contribution in [0.3, 0.4) is 0 Å². The van der Waals surface area contributed by atoms with Gasteiger partial charge in [0.1, 0.15) is 0 Å². The Kier molecular flexibility index (Phi) is 3.06. The Balaban J connectivity index is 1.95. The van der Waals surface area contributed by atoms with Gasteiger partial charge in [0.25, 0.3) is 0 Å². The molecular weight excluding hydrogens is 248 g/mol. The van der Waals surface area contributed by atoms with Gasteiger partial charge in [0, 0.05) is 23.4 Å².